The fraction of sp³-hybridized carbons (Fsp3) is 0.360. The van der Waals surface area contributed by atoms with Crippen molar-refractivity contribution >= 4 is 11.8 Å². The van der Waals surface area contributed by atoms with Crippen LogP contribution in [0.2, 0.25) is 0 Å². The van der Waals surface area contributed by atoms with Crippen molar-refractivity contribution in [3.8, 4) is 0 Å². The molecule has 0 aliphatic carbocycles. The fourth-order valence-electron chi connectivity index (χ4n) is 5.41. The molecule has 2 aromatic rings. The van der Waals surface area contributed by atoms with E-state index in [4.69, 9.17) is 4.74 Å². The summed E-state index contributed by atoms with van der Waals surface area (Å²) >= 11 is 0. The van der Waals surface area contributed by atoms with Gasteiger partial charge in [-0.1, -0.05) is 60.7 Å². The Bertz CT molecular complexity index is 1020. The van der Waals surface area contributed by atoms with Crippen LogP contribution in [0.4, 0.5) is 0 Å². The molecule has 2 aromatic carbocycles. The molecule has 3 aliphatic heterocycles. The van der Waals surface area contributed by atoms with Gasteiger partial charge in [-0.05, 0) is 36.6 Å². The number of ether oxygens (including phenoxy) is 1. The van der Waals surface area contributed by atoms with Gasteiger partial charge in [0, 0.05) is 13.1 Å². The van der Waals surface area contributed by atoms with E-state index in [0.29, 0.717) is 19.6 Å². The molecule has 2 bridgehead atoms. The second kappa shape index (κ2) is 6.81. The lowest BCUT2D eigenvalue weighted by Crippen LogP contribution is -2.49. The third-order valence-electron chi connectivity index (χ3n) is 6.92. The second-order valence-corrected chi connectivity index (χ2v) is 8.83. The molecule has 0 radical (unpaired) electrons. The lowest BCUT2D eigenvalue weighted by molar-refractivity contribution is -0.139. The van der Waals surface area contributed by atoms with E-state index in [-0.39, 0.29) is 11.8 Å². The average molecular weight is 402 g/mol. The maximum absolute atomic E-state index is 13.5. The highest BCUT2D eigenvalue weighted by molar-refractivity contribution is 5.94. The molecule has 3 heterocycles. The Morgan fingerprint density at radius 3 is 2.40 bits per heavy atom. The van der Waals surface area contributed by atoms with Gasteiger partial charge in [0.15, 0.2) is 0 Å². The van der Waals surface area contributed by atoms with Crippen LogP contribution in [0.5, 0.6) is 0 Å². The summed E-state index contributed by atoms with van der Waals surface area (Å²) in [6, 6.07) is 19.8. The molecule has 2 amide bonds. The van der Waals surface area contributed by atoms with Gasteiger partial charge in [0.2, 0.25) is 11.8 Å². The maximum atomic E-state index is 13.5. The summed E-state index contributed by atoms with van der Waals surface area (Å²) in [5, 5.41) is 3.05. The Hall–Kier alpha value is -2.92. The number of amides is 2. The first-order valence-corrected chi connectivity index (χ1v) is 10.5. The predicted octanol–water partition coefficient (Wildman–Crippen LogP) is 3.07. The Morgan fingerprint density at radius 2 is 1.73 bits per heavy atom. The Labute approximate surface area is 176 Å². The monoisotopic (exact) mass is 402 g/mol. The summed E-state index contributed by atoms with van der Waals surface area (Å²) in [7, 11) is 0. The van der Waals surface area contributed by atoms with Crippen molar-refractivity contribution in [2.75, 3.05) is 6.54 Å². The van der Waals surface area contributed by atoms with Crippen LogP contribution < -0.4 is 5.32 Å². The number of fused-ring (bicyclic) bond motifs is 1. The summed E-state index contributed by atoms with van der Waals surface area (Å²) in [5.74, 6) is -1.12. The van der Waals surface area contributed by atoms with E-state index in [0.717, 1.165) is 16.7 Å². The topological polar surface area (TPSA) is 58.6 Å². The van der Waals surface area contributed by atoms with Gasteiger partial charge in [0.05, 0.1) is 24.0 Å². The number of hydrogen-bond acceptors (Lipinski definition) is 3. The highest BCUT2D eigenvalue weighted by Crippen LogP contribution is 2.59. The van der Waals surface area contributed by atoms with Gasteiger partial charge in [-0.3, -0.25) is 9.59 Å². The number of nitrogens with one attached hydrogen (secondary N) is 1. The van der Waals surface area contributed by atoms with Crippen LogP contribution in [-0.4, -0.2) is 34.5 Å². The molecule has 1 N–H and O–H groups in total. The number of rotatable bonds is 5. The average Bonchev–Trinajstić information content (AvgIpc) is 3.26. The van der Waals surface area contributed by atoms with Crippen molar-refractivity contribution in [1.82, 2.24) is 10.2 Å². The number of carbonyl (C=O) groups is 2. The number of carbonyl (C=O) groups excluding carboxylic acids is 2. The highest BCUT2D eigenvalue weighted by atomic mass is 16.5. The molecule has 2 fully saturated rings. The first kappa shape index (κ1) is 19.1. The summed E-state index contributed by atoms with van der Waals surface area (Å²) in [6.45, 7) is 5.42. The lowest BCUT2D eigenvalue weighted by Gasteiger charge is -2.32. The molecule has 30 heavy (non-hydrogen) atoms. The van der Waals surface area contributed by atoms with Gasteiger partial charge in [-0.2, -0.15) is 0 Å². The summed E-state index contributed by atoms with van der Waals surface area (Å²) in [5.41, 5.74) is 1.70. The predicted molar refractivity (Wildman–Crippen MR) is 113 cm³/mol. The molecular weight excluding hydrogens is 376 g/mol. The third kappa shape index (κ3) is 2.80. The van der Waals surface area contributed by atoms with Crippen LogP contribution in [0.3, 0.4) is 0 Å². The lowest BCUT2D eigenvalue weighted by atomic mass is 9.68. The molecule has 5 heteroatoms. The molecule has 0 saturated carbocycles. The standard InChI is InChI=1S/C25H26N2O3/c1-17-13-25-16-27(15-19-11-7-4-8-12-19)23(29)21(25)20(24(17,2)30-25)22(28)26-14-18-9-5-3-6-10-18/h3-13,20-21H,14-16H2,1-2H3,(H,26,28)/t20-,21+,24-,25+/m1/s1. The fourth-order valence-corrected chi connectivity index (χ4v) is 5.41. The first-order valence-electron chi connectivity index (χ1n) is 10.5. The Kier molecular flexibility index (Phi) is 4.33. The minimum Gasteiger partial charge on any atom is -0.357 e. The molecule has 3 aliphatic rings. The molecular formula is C25H26N2O3. The van der Waals surface area contributed by atoms with Crippen molar-refractivity contribution in [2.45, 2.75) is 38.1 Å². The van der Waals surface area contributed by atoms with E-state index in [2.05, 4.69) is 11.4 Å². The minimum absolute atomic E-state index is 0.00573. The zero-order valence-electron chi connectivity index (χ0n) is 17.3. The third-order valence-corrected chi connectivity index (χ3v) is 6.92. The van der Waals surface area contributed by atoms with Crippen LogP contribution in [0.25, 0.3) is 0 Å². The molecule has 5 rings (SSSR count). The smallest absolute Gasteiger partial charge is 0.230 e. The van der Waals surface area contributed by atoms with Gasteiger partial charge >= 0.3 is 0 Å². The molecule has 4 atom stereocenters. The van der Waals surface area contributed by atoms with Crippen LogP contribution in [0.15, 0.2) is 72.3 Å². The van der Waals surface area contributed by atoms with E-state index in [1.165, 1.54) is 0 Å². The molecule has 5 nitrogen and oxygen atoms in total. The highest BCUT2D eigenvalue weighted by Gasteiger charge is 2.72. The zero-order chi connectivity index (χ0) is 20.9. The SMILES string of the molecule is CC1=C[C@]23CN(Cc4ccccc4)C(=O)[C@@H]2[C@H](C(=O)NCc2ccccc2)[C@]1(C)O3. The summed E-state index contributed by atoms with van der Waals surface area (Å²) in [4.78, 5) is 28.6. The summed E-state index contributed by atoms with van der Waals surface area (Å²) < 4.78 is 6.49. The molecule has 1 spiro atoms. The number of nitrogens with zero attached hydrogens (tertiary/aromatic N) is 1. The number of likely N-dealkylation sites (tertiary alicyclic amines) is 1. The van der Waals surface area contributed by atoms with E-state index in [1.54, 1.807) is 0 Å². The van der Waals surface area contributed by atoms with Crippen LogP contribution in [0.1, 0.15) is 25.0 Å². The van der Waals surface area contributed by atoms with Crippen molar-refractivity contribution in [1.29, 1.82) is 0 Å². The molecule has 0 unspecified atom stereocenters. The molecule has 2 saturated heterocycles. The van der Waals surface area contributed by atoms with Crippen molar-refractivity contribution in [3.63, 3.8) is 0 Å². The van der Waals surface area contributed by atoms with Crippen LogP contribution >= 0.6 is 0 Å². The first-order chi connectivity index (χ1) is 14.4. The van der Waals surface area contributed by atoms with Gasteiger partial charge in [0.25, 0.3) is 0 Å². The quantitative estimate of drug-likeness (QED) is 0.782. The largest absolute Gasteiger partial charge is 0.357 e. The van der Waals surface area contributed by atoms with E-state index in [1.807, 2.05) is 79.4 Å². The van der Waals surface area contributed by atoms with Gasteiger partial charge in [0.1, 0.15) is 5.60 Å². The number of benzene rings is 2. The van der Waals surface area contributed by atoms with Gasteiger partial charge < -0.3 is 15.0 Å². The maximum Gasteiger partial charge on any atom is 0.230 e. The van der Waals surface area contributed by atoms with E-state index < -0.39 is 23.0 Å². The van der Waals surface area contributed by atoms with Gasteiger partial charge in [-0.25, -0.2) is 0 Å². The Balaban J connectivity index is 1.40. The minimum atomic E-state index is -0.736. The second-order valence-electron chi connectivity index (χ2n) is 8.83. The molecule has 154 valence electrons. The number of hydrogen-bond donors (Lipinski definition) is 1. The normalized spacial score (nSPS) is 31.6. The van der Waals surface area contributed by atoms with Crippen molar-refractivity contribution in [2.24, 2.45) is 11.8 Å². The van der Waals surface area contributed by atoms with E-state index >= 15 is 0 Å². The van der Waals surface area contributed by atoms with Crippen molar-refractivity contribution < 1.29 is 14.3 Å². The zero-order valence-corrected chi connectivity index (χ0v) is 17.3. The molecule has 0 aromatic heterocycles. The van der Waals surface area contributed by atoms with Crippen LogP contribution in [-0.2, 0) is 27.4 Å². The summed E-state index contributed by atoms with van der Waals surface area (Å²) in [6.07, 6.45) is 2.08. The Morgan fingerprint density at radius 1 is 1.10 bits per heavy atom. The van der Waals surface area contributed by atoms with Crippen molar-refractivity contribution in [3.05, 3.63) is 83.4 Å². The van der Waals surface area contributed by atoms with Gasteiger partial charge in [-0.15, -0.1) is 0 Å². The van der Waals surface area contributed by atoms with Crippen LogP contribution in [0, 0.1) is 11.8 Å². The van der Waals surface area contributed by atoms with E-state index in [9.17, 15) is 9.59 Å².